The molecule has 1 saturated carbocycles. The third-order valence-corrected chi connectivity index (χ3v) is 8.34. The summed E-state index contributed by atoms with van der Waals surface area (Å²) in [4.78, 5) is 33.4. The maximum Gasteiger partial charge on any atom is 0.257 e. The largest absolute Gasteiger partial charge is 0.487 e. The molecule has 0 spiro atoms. The summed E-state index contributed by atoms with van der Waals surface area (Å²) in [5.41, 5.74) is 3.37. The van der Waals surface area contributed by atoms with Gasteiger partial charge in [0.1, 0.15) is 11.9 Å². The predicted octanol–water partition coefficient (Wildman–Crippen LogP) is 4.91. The quantitative estimate of drug-likeness (QED) is 0.584. The molecule has 1 fully saturated rings. The molecule has 1 aliphatic carbocycles. The predicted molar refractivity (Wildman–Crippen MR) is 146 cm³/mol. The van der Waals surface area contributed by atoms with E-state index in [-0.39, 0.29) is 24.0 Å². The number of fused-ring (bicyclic) bond motifs is 3. The number of carbonyl (C=O) groups is 2. The van der Waals surface area contributed by atoms with E-state index in [1.165, 1.54) is 11.1 Å². The van der Waals surface area contributed by atoms with Crippen LogP contribution in [0.15, 0.2) is 48.5 Å². The normalized spacial score (nSPS) is 23.8. The van der Waals surface area contributed by atoms with E-state index in [4.69, 9.17) is 4.74 Å². The number of hydrogen-bond acceptors (Lipinski definition) is 4. The molecular formula is C31H41N3O3. The zero-order valence-electron chi connectivity index (χ0n) is 22.2. The fraction of sp³-hybridized carbons (Fsp3) is 0.548. The Morgan fingerprint density at radius 3 is 2.46 bits per heavy atom. The molecule has 6 heteroatoms. The number of nitrogens with zero attached hydrogens (tertiary/aromatic N) is 3. The van der Waals surface area contributed by atoms with Crippen molar-refractivity contribution in [2.24, 2.45) is 0 Å². The van der Waals surface area contributed by atoms with Crippen LogP contribution >= 0.6 is 0 Å². The lowest BCUT2D eigenvalue weighted by molar-refractivity contribution is -0.138. The molecule has 2 atom stereocenters. The van der Waals surface area contributed by atoms with Crippen LogP contribution in [-0.2, 0) is 17.8 Å². The fourth-order valence-electron chi connectivity index (χ4n) is 6.22. The highest BCUT2D eigenvalue weighted by atomic mass is 16.5. The van der Waals surface area contributed by atoms with Gasteiger partial charge in [0.05, 0.1) is 18.2 Å². The van der Waals surface area contributed by atoms with Crippen molar-refractivity contribution in [3.63, 3.8) is 0 Å². The third kappa shape index (κ3) is 6.18. The zero-order valence-corrected chi connectivity index (χ0v) is 22.2. The highest BCUT2D eigenvalue weighted by molar-refractivity contribution is 5.96. The molecule has 0 aromatic heterocycles. The van der Waals surface area contributed by atoms with E-state index in [2.05, 4.69) is 34.1 Å². The Morgan fingerprint density at radius 1 is 0.865 bits per heavy atom. The van der Waals surface area contributed by atoms with Crippen LogP contribution in [0.3, 0.4) is 0 Å². The summed E-state index contributed by atoms with van der Waals surface area (Å²) < 4.78 is 6.63. The second kappa shape index (κ2) is 12.1. The van der Waals surface area contributed by atoms with Crippen molar-refractivity contribution in [2.45, 2.75) is 76.5 Å². The van der Waals surface area contributed by atoms with Crippen molar-refractivity contribution < 1.29 is 14.3 Å². The van der Waals surface area contributed by atoms with Gasteiger partial charge in [0, 0.05) is 33.2 Å². The lowest BCUT2D eigenvalue weighted by atomic mass is 9.90. The van der Waals surface area contributed by atoms with Crippen LogP contribution in [0.4, 0.5) is 0 Å². The van der Waals surface area contributed by atoms with Gasteiger partial charge in [-0.15, -0.1) is 0 Å². The molecule has 2 amide bonds. The zero-order chi connectivity index (χ0) is 25.6. The summed E-state index contributed by atoms with van der Waals surface area (Å²) in [6.45, 7) is 3.73. The Hall–Kier alpha value is -2.86. The summed E-state index contributed by atoms with van der Waals surface area (Å²) in [5.74, 6) is 0.878. The monoisotopic (exact) mass is 503 g/mol. The molecule has 198 valence electrons. The van der Waals surface area contributed by atoms with E-state index >= 15 is 0 Å². The van der Waals surface area contributed by atoms with E-state index in [1.807, 2.05) is 36.2 Å². The molecule has 2 heterocycles. The van der Waals surface area contributed by atoms with Crippen molar-refractivity contribution in [3.05, 3.63) is 65.2 Å². The van der Waals surface area contributed by atoms with Crippen molar-refractivity contribution >= 4 is 11.8 Å². The minimum absolute atomic E-state index is 0.0123. The SMILES string of the molecule is CN1CCCCCCN(C(=O)CN2CCc3ccccc3C2)[C@@H]2CCCC[C@@H]2Oc2ccccc2C1=O. The van der Waals surface area contributed by atoms with Crippen LogP contribution in [-0.4, -0.2) is 71.9 Å². The maximum absolute atomic E-state index is 13.9. The number of ether oxygens (including phenoxy) is 1. The van der Waals surface area contributed by atoms with Gasteiger partial charge in [0.25, 0.3) is 5.91 Å². The lowest BCUT2D eigenvalue weighted by Crippen LogP contribution is -2.53. The first-order valence-electron chi connectivity index (χ1n) is 14.2. The van der Waals surface area contributed by atoms with Gasteiger partial charge in [-0.3, -0.25) is 14.5 Å². The average Bonchev–Trinajstić information content (AvgIpc) is 2.92. The molecule has 37 heavy (non-hydrogen) atoms. The van der Waals surface area contributed by atoms with E-state index < -0.39 is 0 Å². The molecule has 0 unspecified atom stereocenters. The minimum Gasteiger partial charge on any atom is -0.487 e. The Bertz CT molecular complexity index is 1090. The molecule has 6 nitrogen and oxygen atoms in total. The summed E-state index contributed by atoms with van der Waals surface area (Å²) in [7, 11) is 1.88. The van der Waals surface area contributed by atoms with Crippen LogP contribution in [0.2, 0.25) is 0 Å². The molecule has 0 radical (unpaired) electrons. The van der Waals surface area contributed by atoms with Crippen LogP contribution in [0.25, 0.3) is 0 Å². The first kappa shape index (κ1) is 25.8. The summed E-state index contributed by atoms with van der Waals surface area (Å²) in [6.07, 6.45) is 9.05. The number of benzene rings is 2. The average molecular weight is 504 g/mol. The minimum atomic E-state index is -0.0954. The van der Waals surface area contributed by atoms with Gasteiger partial charge >= 0.3 is 0 Å². The Balaban J connectivity index is 1.37. The van der Waals surface area contributed by atoms with Crippen molar-refractivity contribution in [3.8, 4) is 5.75 Å². The standard InChI is InChI=1S/C31H41N3O3/c1-32-19-10-2-3-11-20-34(30(35)23-33-21-18-24-12-4-5-13-25(24)22-33)27-15-7-9-17-29(27)37-28-16-8-6-14-26(28)31(32)36/h4-6,8,12-14,16,27,29H,2-3,7,9-11,15,17-23H2,1H3/t27-,29+/m1/s1. The first-order valence-corrected chi connectivity index (χ1v) is 14.2. The number of rotatable bonds is 2. The molecular weight excluding hydrogens is 462 g/mol. The molecule has 2 aromatic carbocycles. The summed E-state index contributed by atoms with van der Waals surface area (Å²) in [5, 5.41) is 0. The second-order valence-electron chi connectivity index (χ2n) is 11.0. The Labute approximate surface area is 221 Å². The van der Waals surface area contributed by atoms with Gasteiger partial charge in [-0.05, 0) is 61.8 Å². The van der Waals surface area contributed by atoms with Gasteiger partial charge in [-0.2, -0.15) is 0 Å². The van der Waals surface area contributed by atoms with Crippen LogP contribution in [0, 0.1) is 0 Å². The molecule has 2 aliphatic heterocycles. The van der Waals surface area contributed by atoms with Crippen molar-refractivity contribution in [2.75, 3.05) is 33.2 Å². The van der Waals surface area contributed by atoms with E-state index in [0.717, 1.165) is 84.0 Å². The fourth-order valence-corrected chi connectivity index (χ4v) is 6.22. The van der Waals surface area contributed by atoms with Gasteiger partial charge in [0.15, 0.2) is 0 Å². The molecule has 2 aromatic rings. The number of amides is 2. The highest BCUT2D eigenvalue weighted by Crippen LogP contribution is 2.31. The lowest BCUT2D eigenvalue weighted by Gasteiger charge is -2.41. The summed E-state index contributed by atoms with van der Waals surface area (Å²) in [6, 6.07) is 16.3. The van der Waals surface area contributed by atoms with Crippen molar-refractivity contribution in [1.82, 2.24) is 14.7 Å². The molecule has 5 rings (SSSR count). The molecule has 0 bridgehead atoms. The van der Waals surface area contributed by atoms with Crippen LogP contribution in [0.1, 0.15) is 72.9 Å². The Morgan fingerprint density at radius 2 is 1.59 bits per heavy atom. The van der Waals surface area contributed by atoms with E-state index in [9.17, 15) is 9.59 Å². The van der Waals surface area contributed by atoms with Crippen LogP contribution < -0.4 is 4.74 Å². The molecule has 3 aliphatic rings. The van der Waals surface area contributed by atoms with Gasteiger partial charge in [0.2, 0.25) is 5.91 Å². The van der Waals surface area contributed by atoms with E-state index in [1.54, 1.807) is 0 Å². The second-order valence-corrected chi connectivity index (χ2v) is 11.0. The van der Waals surface area contributed by atoms with E-state index in [0.29, 0.717) is 17.9 Å². The first-order chi connectivity index (χ1) is 18.1. The van der Waals surface area contributed by atoms with Crippen LogP contribution in [0.5, 0.6) is 5.75 Å². The number of para-hydroxylation sites is 1. The number of carbonyl (C=O) groups excluding carboxylic acids is 2. The molecule has 0 saturated heterocycles. The highest BCUT2D eigenvalue weighted by Gasteiger charge is 2.36. The smallest absolute Gasteiger partial charge is 0.257 e. The maximum atomic E-state index is 13.9. The Kier molecular flexibility index (Phi) is 8.45. The summed E-state index contributed by atoms with van der Waals surface area (Å²) >= 11 is 0. The third-order valence-electron chi connectivity index (χ3n) is 8.34. The number of hydrogen-bond donors (Lipinski definition) is 0. The van der Waals surface area contributed by atoms with Crippen molar-refractivity contribution in [1.29, 1.82) is 0 Å². The van der Waals surface area contributed by atoms with Gasteiger partial charge in [-0.1, -0.05) is 55.7 Å². The molecule has 0 N–H and O–H groups in total. The van der Waals surface area contributed by atoms with Gasteiger partial charge in [-0.25, -0.2) is 0 Å². The topological polar surface area (TPSA) is 53.1 Å². The van der Waals surface area contributed by atoms with Gasteiger partial charge < -0.3 is 14.5 Å².